The molecule has 0 aliphatic carbocycles. The summed E-state index contributed by atoms with van der Waals surface area (Å²) in [4.78, 5) is 11.2. The lowest BCUT2D eigenvalue weighted by Crippen LogP contribution is -2.38. The van der Waals surface area contributed by atoms with Crippen LogP contribution in [0.25, 0.3) is 0 Å². The van der Waals surface area contributed by atoms with Crippen molar-refractivity contribution < 1.29 is 0 Å². The number of nitrogens with one attached hydrogen (secondary N) is 1. The molecule has 2 rings (SSSR count). The molecule has 0 amide bonds. The Hall–Kier alpha value is -1.88. The van der Waals surface area contributed by atoms with Gasteiger partial charge in [0.1, 0.15) is 5.01 Å². The van der Waals surface area contributed by atoms with Gasteiger partial charge < -0.3 is 10.2 Å². The first kappa shape index (κ1) is 17.5. The summed E-state index contributed by atoms with van der Waals surface area (Å²) >= 11 is 1.70. The number of aliphatic imine (C=N–C) groups is 1. The monoisotopic (exact) mass is 330 g/mol. The van der Waals surface area contributed by atoms with Crippen molar-refractivity contribution in [3.05, 3.63) is 52.0 Å². The topological polar surface area (TPSA) is 40.5 Å². The zero-order valence-electron chi connectivity index (χ0n) is 14.6. The standard InChI is InChI=1S/C18H26N4S/c1-18(2,3)15-13-23-16(21-15)11-20-17(19-4)22(5)12-14-9-7-6-8-10-14/h6-10,13H,11-12H2,1-5H3,(H,19,20). The maximum atomic E-state index is 4.71. The van der Waals surface area contributed by atoms with E-state index in [0.29, 0.717) is 6.54 Å². The Morgan fingerprint density at radius 2 is 1.96 bits per heavy atom. The van der Waals surface area contributed by atoms with Crippen molar-refractivity contribution in [2.75, 3.05) is 14.1 Å². The van der Waals surface area contributed by atoms with E-state index in [2.05, 4.69) is 65.6 Å². The molecule has 1 aromatic heterocycles. The summed E-state index contributed by atoms with van der Waals surface area (Å²) in [6.45, 7) is 8.08. The van der Waals surface area contributed by atoms with Crippen LogP contribution in [0.5, 0.6) is 0 Å². The molecule has 0 unspecified atom stereocenters. The molecule has 0 saturated heterocycles. The minimum atomic E-state index is 0.0977. The van der Waals surface area contributed by atoms with Gasteiger partial charge in [-0.15, -0.1) is 11.3 Å². The van der Waals surface area contributed by atoms with Gasteiger partial charge in [0, 0.05) is 31.4 Å². The third-order valence-corrected chi connectivity index (χ3v) is 4.40. The van der Waals surface area contributed by atoms with Crippen molar-refractivity contribution in [2.45, 2.75) is 39.3 Å². The van der Waals surface area contributed by atoms with Gasteiger partial charge in [-0.2, -0.15) is 0 Å². The predicted octanol–water partition coefficient (Wildman–Crippen LogP) is 3.65. The van der Waals surface area contributed by atoms with Crippen molar-refractivity contribution >= 4 is 17.3 Å². The van der Waals surface area contributed by atoms with Crippen molar-refractivity contribution in [3.8, 4) is 0 Å². The SMILES string of the molecule is CN=C(NCc1nc(C(C)(C)C)cs1)N(C)Cc1ccccc1. The Morgan fingerprint density at radius 3 is 2.52 bits per heavy atom. The lowest BCUT2D eigenvalue weighted by atomic mass is 9.93. The fourth-order valence-corrected chi connectivity index (χ4v) is 3.17. The summed E-state index contributed by atoms with van der Waals surface area (Å²) in [5.41, 5.74) is 2.51. The molecule has 4 nitrogen and oxygen atoms in total. The van der Waals surface area contributed by atoms with E-state index in [-0.39, 0.29) is 5.41 Å². The predicted molar refractivity (Wildman–Crippen MR) is 98.9 cm³/mol. The second-order valence-corrected chi connectivity index (χ2v) is 7.56. The van der Waals surface area contributed by atoms with E-state index >= 15 is 0 Å². The number of aromatic nitrogens is 1. The molecular weight excluding hydrogens is 304 g/mol. The van der Waals surface area contributed by atoms with Gasteiger partial charge >= 0.3 is 0 Å². The van der Waals surface area contributed by atoms with Crippen LogP contribution >= 0.6 is 11.3 Å². The van der Waals surface area contributed by atoms with E-state index in [1.165, 1.54) is 5.56 Å². The Morgan fingerprint density at radius 1 is 1.26 bits per heavy atom. The summed E-state index contributed by atoms with van der Waals surface area (Å²) in [5.74, 6) is 0.876. The molecule has 1 heterocycles. The first-order valence-electron chi connectivity index (χ1n) is 7.80. The van der Waals surface area contributed by atoms with E-state index in [1.807, 2.05) is 20.2 Å². The van der Waals surface area contributed by atoms with Gasteiger partial charge in [0.2, 0.25) is 0 Å². The summed E-state index contributed by atoms with van der Waals surface area (Å²) in [5, 5.41) is 6.63. The maximum absolute atomic E-state index is 4.71. The summed E-state index contributed by atoms with van der Waals surface area (Å²) in [7, 11) is 3.86. The quantitative estimate of drug-likeness (QED) is 0.687. The first-order chi connectivity index (χ1) is 10.9. The smallest absolute Gasteiger partial charge is 0.194 e. The van der Waals surface area contributed by atoms with Gasteiger partial charge in [-0.25, -0.2) is 4.98 Å². The Kier molecular flexibility index (Phi) is 5.77. The van der Waals surface area contributed by atoms with Crippen LogP contribution in [0.4, 0.5) is 0 Å². The first-order valence-corrected chi connectivity index (χ1v) is 8.68. The molecule has 0 fully saturated rings. The Balaban J connectivity index is 1.93. The summed E-state index contributed by atoms with van der Waals surface area (Å²) in [6, 6.07) is 10.4. The van der Waals surface area contributed by atoms with Crippen molar-refractivity contribution in [1.29, 1.82) is 0 Å². The lowest BCUT2D eigenvalue weighted by Gasteiger charge is -2.21. The molecule has 0 atom stereocenters. The van der Waals surface area contributed by atoms with E-state index < -0.39 is 0 Å². The number of hydrogen-bond donors (Lipinski definition) is 1. The molecular formula is C18H26N4S. The fourth-order valence-electron chi connectivity index (χ4n) is 2.21. The van der Waals surface area contributed by atoms with Gasteiger partial charge in [-0.1, -0.05) is 51.1 Å². The number of benzene rings is 1. The molecule has 124 valence electrons. The molecule has 5 heteroatoms. The van der Waals surface area contributed by atoms with Crippen molar-refractivity contribution in [2.24, 2.45) is 4.99 Å². The van der Waals surface area contributed by atoms with E-state index in [0.717, 1.165) is 23.2 Å². The molecule has 1 aromatic carbocycles. The van der Waals surface area contributed by atoms with Gasteiger partial charge in [0.25, 0.3) is 0 Å². The van der Waals surface area contributed by atoms with Crippen LogP contribution in [0.1, 0.15) is 37.0 Å². The van der Waals surface area contributed by atoms with E-state index in [9.17, 15) is 0 Å². The summed E-state index contributed by atoms with van der Waals surface area (Å²) < 4.78 is 0. The molecule has 0 bridgehead atoms. The normalized spacial score (nSPS) is 12.3. The van der Waals surface area contributed by atoms with Gasteiger partial charge in [-0.05, 0) is 5.56 Å². The Labute approximate surface area is 143 Å². The van der Waals surface area contributed by atoms with Crippen LogP contribution in [0.15, 0.2) is 40.7 Å². The van der Waals surface area contributed by atoms with Crippen LogP contribution < -0.4 is 5.32 Å². The average Bonchev–Trinajstić information content (AvgIpc) is 2.98. The Bertz CT molecular complexity index is 641. The molecule has 0 spiro atoms. The zero-order valence-corrected chi connectivity index (χ0v) is 15.4. The number of thiazole rings is 1. The van der Waals surface area contributed by atoms with Crippen molar-refractivity contribution in [1.82, 2.24) is 15.2 Å². The molecule has 0 aliphatic heterocycles. The van der Waals surface area contributed by atoms with Crippen LogP contribution in [0.2, 0.25) is 0 Å². The van der Waals surface area contributed by atoms with E-state index in [1.54, 1.807) is 11.3 Å². The third-order valence-electron chi connectivity index (χ3n) is 3.55. The van der Waals surface area contributed by atoms with Gasteiger partial charge in [-0.3, -0.25) is 4.99 Å². The zero-order chi connectivity index (χ0) is 16.9. The highest BCUT2D eigenvalue weighted by Gasteiger charge is 2.17. The number of hydrogen-bond acceptors (Lipinski definition) is 3. The minimum Gasteiger partial charge on any atom is -0.350 e. The van der Waals surface area contributed by atoms with Crippen LogP contribution in [-0.2, 0) is 18.5 Å². The molecule has 23 heavy (non-hydrogen) atoms. The van der Waals surface area contributed by atoms with Gasteiger partial charge in [0.05, 0.1) is 12.2 Å². The highest BCUT2D eigenvalue weighted by molar-refractivity contribution is 7.09. The second-order valence-electron chi connectivity index (χ2n) is 6.62. The third kappa shape index (κ3) is 5.06. The van der Waals surface area contributed by atoms with Crippen molar-refractivity contribution in [3.63, 3.8) is 0 Å². The molecule has 0 radical (unpaired) electrons. The van der Waals surface area contributed by atoms with Crippen LogP contribution in [-0.4, -0.2) is 29.9 Å². The number of rotatable bonds is 4. The van der Waals surface area contributed by atoms with Crippen LogP contribution in [0.3, 0.4) is 0 Å². The highest BCUT2D eigenvalue weighted by atomic mass is 32.1. The molecule has 0 aliphatic rings. The molecule has 1 N–H and O–H groups in total. The molecule has 0 saturated carbocycles. The minimum absolute atomic E-state index is 0.0977. The fraction of sp³-hybridized carbons (Fsp3) is 0.444. The molecule has 2 aromatic rings. The van der Waals surface area contributed by atoms with Crippen LogP contribution in [0, 0.1) is 0 Å². The second kappa shape index (κ2) is 7.59. The number of guanidine groups is 1. The number of nitrogens with zero attached hydrogens (tertiary/aromatic N) is 3. The van der Waals surface area contributed by atoms with E-state index in [4.69, 9.17) is 4.98 Å². The maximum Gasteiger partial charge on any atom is 0.194 e. The largest absolute Gasteiger partial charge is 0.350 e. The highest BCUT2D eigenvalue weighted by Crippen LogP contribution is 2.23. The average molecular weight is 331 g/mol. The lowest BCUT2D eigenvalue weighted by molar-refractivity contribution is 0.476. The van der Waals surface area contributed by atoms with Gasteiger partial charge in [0.15, 0.2) is 5.96 Å². The summed E-state index contributed by atoms with van der Waals surface area (Å²) in [6.07, 6.45) is 0.